The molecule has 0 saturated heterocycles. The van der Waals surface area contributed by atoms with Crippen molar-refractivity contribution in [3.05, 3.63) is 65.0 Å². The zero-order valence-corrected chi connectivity index (χ0v) is 32.8. The van der Waals surface area contributed by atoms with Crippen molar-refractivity contribution in [1.29, 1.82) is 0 Å². The van der Waals surface area contributed by atoms with Crippen molar-refractivity contribution in [2.75, 3.05) is 31.6 Å². The molecule has 0 aliphatic heterocycles. The average Bonchev–Trinajstić information content (AvgIpc) is 3.47. The molecular weight excluding hydrogens is 703 g/mol. The molecule has 5 rings (SSSR count). The molecule has 258 valence electrons. The van der Waals surface area contributed by atoms with Gasteiger partial charge in [0, 0.05) is 58.2 Å². The monoisotopic (exact) mass is 751 g/mol. The first kappa shape index (κ1) is 36.4. The van der Waals surface area contributed by atoms with Crippen LogP contribution in [-0.4, -0.2) is 73.5 Å². The Hall–Kier alpha value is -2.91. The Kier molecular flexibility index (Phi) is 11.9. The fourth-order valence-corrected chi connectivity index (χ4v) is 8.28. The SMILES string of the molecule is C[Si](C)(C)CCOCN(COCC[Si](C)(C)C)c1c(Br)c(C2CCC(C(=O)O)CC2)nc2c(-c3ccc(-c4ccccc4)nc3)cnn12. The molecule has 1 N–H and O–H groups in total. The van der Waals surface area contributed by atoms with Crippen LogP contribution in [0.25, 0.3) is 28.0 Å². The Bertz CT molecular complexity index is 1640. The van der Waals surface area contributed by atoms with Crippen LogP contribution in [0.4, 0.5) is 5.82 Å². The lowest BCUT2D eigenvalue weighted by Gasteiger charge is -2.30. The van der Waals surface area contributed by atoms with E-state index in [-0.39, 0.29) is 11.8 Å². The maximum Gasteiger partial charge on any atom is 0.306 e. The van der Waals surface area contributed by atoms with Crippen LogP contribution in [-0.2, 0) is 14.3 Å². The van der Waals surface area contributed by atoms with Crippen molar-refractivity contribution < 1.29 is 19.4 Å². The number of ether oxygens (including phenoxy) is 2. The van der Waals surface area contributed by atoms with Crippen molar-refractivity contribution in [2.24, 2.45) is 5.92 Å². The van der Waals surface area contributed by atoms with Crippen molar-refractivity contribution in [1.82, 2.24) is 19.6 Å². The molecule has 1 fully saturated rings. The van der Waals surface area contributed by atoms with Gasteiger partial charge in [-0.25, -0.2) is 4.98 Å². The van der Waals surface area contributed by atoms with Crippen LogP contribution in [0, 0.1) is 5.92 Å². The van der Waals surface area contributed by atoms with E-state index >= 15 is 0 Å². The number of carboxylic acid groups (broad SMARTS) is 1. The van der Waals surface area contributed by atoms with Gasteiger partial charge in [-0.2, -0.15) is 9.61 Å². The zero-order chi connectivity index (χ0) is 34.5. The standard InChI is InChI=1S/C36H50BrN5O4Si2/c1-47(2,3)20-18-45-24-41(25-46-19-21-48(4,5)6)35-32(37)33(27-12-14-28(15-13-27)36(43)44)40-34-30(23-39-42(34)35)29-16-17-31(38-22-29)26-10-8-7-9-11-26/h7-11,16-17,22-23,27-28H,12-15,18-21,24-25H2,1-6H3,(H,43,44). The molecule has 1 aromatic carbocycles. The van der Waals surface area contributed by atoms with E-state index < -0.39 is 22.1 Å². The van der Waals surface area contributed by atoms with Crippen LogP contribution in [0.2, 0.25) is 51.4 Å². The third-order valence-corrected chi connectivity index (χ3v) is 13.2. The molecule has 48 heavy (non-hydrogen) atoms. The number of benzene rings is 1. The number of pyridine rings is 1. The van der Waals surface area contributed by atoms with Crippen molar-refractivity contribution in [2.45, 2.75) is 83.0 Å². The van der Waals surface area contributed by atoms with Crippen LogP contribution in [0.15, 0.2) is 59.3 Å². The molecule has 3 heterocycles. The number of hydrogen-bond acceptors (Lipinski definition) is 7. The molecule has 1 aliphatic rings. The number of anilines is 1. The molecule has 0 spiro atoms. The Morgan fingerprint density at radius 3 is 2.06 bits per heavy atom. The van der Waals surface area contributed by atoms with Crippen LogP contribution < -0.4 is 4.90 Å². The minimum absolute atomic E-state index is 0.113. The zero-order valence-electron chi connectivity index (χ0n) is 29.2. The second kappa shape index (κ2) is 15.8. The lowest BCUT2D eigenvalue weighted by Crippen LogP contribution is -2.34. The van der Waals surface area contributed by atoms with E-state index in [1.165, 1.54) is 0 Å². The Labute approximate surface area is 295 Å². The topological polar surface area (TPSA) is 102 Å². The summed E-state index contributed by atoms with van der Waals surface area (Å²) in [6.07, 6.45) is 6.53. The summed E-state index contributed by atoms with van der Waals surface area (Å²) in [5, 5.41) is 14.6. The number of aliphatic carboxylic acids is 1. The van der Waals surface area contributed by atoms with E-state index in [0.717, 1.165) is 68.9 Å². The largest absolute Gasteiger partial charge is 0.481 e. The van der Waals surface area contributed by atoms with Gasteiger partial charge in [0.15, 0.2) is 11.5 Å². The molecule has 1 aliphatic carbocycles. The van der Waals surface area contributed by atoms with Gasteiger partial charge >= 0.3 is 5.97 Å². The second-order valence-corrected chi connectivity index (χ2v) is 27.4. The molecule has 0 radical (unpaired) electrons. The van der Waals surface area contributed by atoms with Gasteiger partial charge in [0.05, 0.1) is 28.0 Å². The summed E-state index contributed by atoms with van der Waals surface area (Å²) in [7, 11) is -2.55. The minimum Gasteiger partial charge on any atom is -0.481 e. The third kappa shape index (κ3) is 9.41. The number of halogens is 1. The first-order valence-electron chi connectivity index (χ1n) is 17.0. The number of carboxylic acids is 1. The molecule has 9 nitrogen and oxygen atoms in total. The number of rotatable bonds is 15. The minimum atomic E-state index is -1.28. The third-order valence-electron chi connectivity index (χ3n) is 8.99. The predicted octanol–water partition coefficient (Wildman–Crippen LogP) is 9.01. The summed E-state index contributed by atoms with van der Waals surface area (Å²) >= 11 is 3.97. The number of hydrogen-bond donors (Lipinski definition) is 1. The highest BCUT2D eigenvalue weighted by Crippen LogP contribution is 2.42. The van der Waals surface area contributed by atoms with Gasteiger partial charge in [-0.15, -0.1) is 0 Å². The highest BCUT2D eigenvalue weighted by molar-refractivity contribution is 9.10. The summed E-state index contributed by atoms with van der Waals surface area (Å²) in [4.78, 5) is 23.9. The molecule has 0 atom stereocenters. The van der Waals surface area contributed by atoms with Gasteiger partial charge in [-0.1, -0.05) is 75.7 Å². The van der Waals surface area contributed by atoms with Gasteiger partial charge in [0.1, 0.15) is 13.5 Å². The Balaban J connectivity index is 1.55. The molecule has 4 aromatic rings. The van der Waals surface area contributed by atoms with Crippen LogP contribution >= 0.6 is 15.9 Å². The van der Waals surface area contributed by atoms with Gasteiger partial charge in [0.2, 0.25) is 0 Å². The summed E-state index contributed by atoms with van der Waals surface area (Å²) < 4.78 is 15.4. The highest BCUT2D eigenvalue weighted by Gasteiger charge is 2.32. The number of aromatic nitrogens is 4. The molecular formula is C36H50BrN5O4Si2. The summed E-state index contributed by atoms with van der Waals surface area (Å²) in [6, 6.07) is 16.4. The van der Waals surface area contributed by atoms with E-state index in [4.69, 9.17) is 24.5 Å². The van der Waals surface area contributed by atoms with E-state index in [1.54, 1.807) is 0 Å². The average molecular weight is 753 g/mol. The summed E-state index contributed by atoms with van der Waals surface area (Å²) in [5.74, 6) is -0.0729. The van der Waals surface area contributed by atoms with Crippen molar-refractivity contribution in [3.63, 3.8) is 0 Å². The lowest BCUT2D eigenvalue weighted by molar-refractivity contribution is -0.142. The van der Waals surface area contributed by atoms with E-state index in [0.29, 0.717) is 39.5 Å². The number of carbonyl (C=O) groups is 1. The van der Waals surface area contributed by atoms with Crippen molar-refractivity contribution in [3.8, 4) is 22.4 Å². The van der Waals surface area contributed by atoms with E-state index in [2.05, 4.69) is 78.3 Å². The van der Waals surface area contributed by atoms with Gasteiger partial charge in [-0.3, -0.25) is 9.78 Å². The predicted molar refractivity (Wildman–Crippen MR) is 202 cm³/mol. The molecule has 0 bridgehead atoms. The van der Waals surface area contributed by atoms with Gasteiger partial charge in [0.25, 0.3) is 0 Å². The maximum absolute atomic E-state index is 11.8. The maximum atomic E-state index is 11.8. The van der Waals surface area contributed by atoms with Crippen LogP contribution in [0.3, 0.4) is 0 Å². The lowest BCUT2D eigenvalue weighted by atomic mass is 9.80. The Morgan fingerprint density at radius 1 is 0.896 bits per heavy atom. The van der Waals surface area contributed by atoms with Crippen LogP contribution in [0.1, 0.15) is 37.3 Å². The summed E-state index contributed by atoms with van der Waals surface area (Å²) in [5.41, 5.74) is 5.43. The fourth-order valence-electron chi connectivity index (χ4n) is 5.93. The quantitative estimate of drug-likeness (QED) is 0.0730. The molecule has 1 saturated carbocycles. The Morgan fingerprint density at radius 2 is 1.52 bits per heavy atom. The first-order valence-corrected chi connectivity index (χ1v) is 25.2. The fraction of sp³-hybridized carbons (Fsp3) is 0.500. The van der Waals surface area contributed by atoms with Gasteiger partial charge in [-0.05, 0) is 59.8 Å². The van der Waals surface area contributed by atoms with E-state index in [1.807, 2.05) is 41.2 Å². The molecule has 3 aromatic heterocycles. The molecule has 12 heteroatoms. The second-order valence-electron chi connectivity index (χ2n) is 15.3. The number of nitrogens with zero attached hydrogens (tertiary/aromatic N) is 5. The summed E-state index contributed by atoms with van der Waals surface area (Å²) in [6.45, 7) is 16.2. The van der Waals surface area contributed by atoms with Crippen LogP contribution in [0.5, 0.6) is 0 Å². The highest BCUT2D eigenvalue weighted by atomic mass is 79.9. The first-order chi connectivity index (χ1) is 22.8. The van der Waals surface area contributed by atoms with Crippen molar-refractivity contribution >= 4 is 49.5 Å². The molecule has 0 unspecified atom stereocenters. The van der Waals surface area contributed by atoms with E-state index in [9.17, 15) is 9.90 Å². The smallest absolute Gasteiger partial charge is 0.306 e. The van der Waals surface area contributed by atoms with Gasteiger partial charge < -0.3 is 19.5 Å². The molecule has 0 amide bonds. The normalized spacial score (nSPS) is 17.1. The number of fused-ring (bicyclic) bond motifs is 1.